The SMILES string of the molecule is CO[C@@]12CCC(OCC3CC3)CC1N(C(=O)c1[nH]ncc1Cl)CC2. The molecule has 6 nitrogen and oxygen atoms in total. The monoisotopic (exact) mass is 353 g/mol. The van der Waals surface area contributed by atoms with Crippen molar-refractivity contribution >= 4 is 17.5 Å². The van der Waals surface area contributed by atoms with Crippen LogP contribution in [0.15, 0.2) is 6.20 Å². The van der Waals surface area contributed by atoms with E-state index in [1.807, 2.05) is 4.90 Å². The molecule has 3 aliphatic rings. The van der Waals surface area contributed by atoms with Gasteiger partial charge in [-0.3, -0.25) is 9.89 Å². The fourth-order valence-electron chi connectivity index (χ4n) is 4.18. The van der Waals surface area contributed by atoms with Gasteiger partial charge in [0.2, 0.25) is 0 Å². The Morgan fingerprint density at radius 3 is 2.96 bits per heavy atom. The van der Waals surface area contributed by atoms with Crippen molar-refractivity contribution in [2.75, 3.05) is 20.3 Å². The number of carbonyl (C=O) groups is 1. The second-order valence-electron chi connectivity index (χ2n) is 7.30. The maximum Gasteiger partial charge on any atom is 0.273 e. The number of nitrogens with one attached hydrogen (secondary N) is 1. The summed E-state index contributed by atoms with van der Waals surface area (Å²) in [7, 11) is 1.76. The standard InChI is InChI=1S/C17H24ClN3O3/c1-23-17-5-4-12(24-10-11-2-3-11)8-14(17)21(7-6-17)16(22)15-13(18)9-19-20-15/h9,11-12,14H,2-8,10H2,1H3,(H,19,20)/t12?,14?,17-/m1/s1. The van der Waals surface area contributed by atoms with Gasteiger partial charge in [0, 0.05) is 20.3 Å². The zero-order chi connectivity index (χ0) is 16.7. The molecule has 2 unspecified atom stereocenters. The van der Waals surface area contributed by atoms with E-state index >= 15 is 0 Å². The van der Waals surface area contributed by atoms with Crippen LogP contribution in [0.5, 0.6) is 0 Å². The van der Waals surface area contributed by atoms with Gasteiger partial charge in [-0.2, -0.15) is 5.10 Å². The van der Waals surface area contributed by atoms with E-state index in [4.69, 9.17) is 21.1 Å². The number of likely N-dealkylation sites (tertiary alicyclic amines) is 1. The summed E-state index contributed by atoms with van der Waals surface area (Å²) in [6.07, 6.45) is 7.90. The van der Waals surface area contributed by atoms with Crippen molar-refractivity contribution in [3.8, 4) is 0 Å². The highest BCUT2D eigenvalue weighted by Gasteiger charge is 2.53. The third kappa shape index (κ3) is 2.85. The van der Waals surface area contributed by atoms with E-state index in [2.05, 4.69) is 10.2 Å². The van der Waals surface area contributed by atoms with Crippen molar-refractivity contribution < 1.29 is 14.3 Å². The number of H-pyrrole nitrogens is 1. The Labute approximate surface area is 146 Å². The minimum Gasteiger partial charge on any atom is -0.378 e. The van der Waals surface area contributed by atoms with Crippen LogP contribution in [0.25, 0.3) is 0 Å². The Bertz CT molecular complexity index is 618. The third-order valence-corrected chi connectivity index (χ3v) is 6.16. The summed E-state index contributed by atoms with van der Waals surface area (Å²) in [5.41, 5.74) is 0.117. The summed E-state index contributed by atoms with van der Waals surface area (Å²) < 4.78 is 12.0. The number of rotatable bonds is 5. The molecule has 1 N–H and O–H groups in total. The predicted molar refractivity (Wildman–Crippen MR) is 89.1 cm³/mol. The molecule has 24 heavy (non-hydrogen) atoms. The molecule has 2 heterocycles. The highest BCUT2D eigenvalue weighted by atomic mass is 35.5. The van der Waals surface area contributed by atoms with Crippen LogP contribution < -0.4 is 0 Å². The molecule has 3 fully saturated rings. The largest absolute Gasteiger partial charge is 0.378 e. The first-order valence-corrected chi connectivity index (χ1v) is 9.17. The first-order chi connectivity index (χ1) is 11.6. The van der Waals surface area contributed by atoms with E-state index in [1.165, 1.54) is 19.0 Å². The molecule has 132 valence electrons. The number of fused-ring (bicyclic) bond motifs is 1. The van der Waals surface area contributed by atoms with E-state index in [9.17, 15) is 4.79 Å². The van der Waals surface area contributed by atoms with E-state index in [0.717, 1.165) is 38.2 Å². The van der Waals surface area contributed by atoms with Crippen molar-refractivity contribution in [3.63, 3.8) is 0 Å². The van der Waals surface area contributed by atoms with Gasteiger partial charge >= 0.3 is 0 Å². The van der Waals surface area contributed by atoms with Gasteiger partial charge in [0.15, 0.2) is 0 Å². The first kappa shape index (κ1) is 16.4. The molecule has 1 amide bonds. The van der Waals surface area contributed by atoms with Crippen molar-refractivity contribution in [3.05, 3.63) is 16.9 Å². The molecule has 0 spiro atoms. The van der Waals surface area contributed by atoms with E-state index in [1.54, 1.807) is 7.11 Å². The number of aromatic amines is 1. The molecule has 1 aromatic heterocycles. The van der Waals surface area contributed by atoms with E-state index in [0.29, 0.717) is 17.3 Å². The third-order valence-electron chi connectivity index (χ3n) is 5.87. The zero-order valence-electron chi connectivity index (χ0n) is 14.0. The Hall–Kier alpha value is -1.11. The van der Waals surface area contributed by atoms with E-state index < -0.39 is 0 Å². The number of amides is 1. The molecule has 0 radical (unpaired) electrons. The molecule has 0 aromatic carbocycles. The molecular formula is C17H24ClN3O3. The van der Waals surface area contributed by atoms with Crippen molar-refractivity contribution in [2.24, 2.45) is 5.92 Å². The lowest BCUT2D eigenvalue weighted by atomic mass is 9.79. The number of nitrogens with zero attached hydrogens (tertiary/aromatic N) is 2. The molecule has 2 saturated carbocycles. The van der Waals surface area contributed by atoms with Gasteiger partial charge in [-0.15, -0.1) is 0 Å². The number of carbonyl (C=O) groups excluding carboxylic acids is 1. The average molecular weight is 354 g/mol. The number of hydrogen-bond donors (Lipinski definition) is 1. The molecule has 7 heteroatoms. The average Bonchev–Trinajstić information content (AvgIpc) is 3.21. The van der Waals surface area contributed by atoms with Gasteiger partial charge in [0.25, 0.3) is 5.91 Å². The Kier molecular flexibility index (Phi) is 4.31. The van der Waals surface area contributed by atoms with E-state index in [-0.39, 0.29) is 23.7 Å². The quantitative estimate of drug-likeness (QED) is 0.883. The summed E-state index contributed by atoms with van der Waals surface area (Å²) in [6.45, 7) is 1.54. The Morgan fingerprint density at radius 2 is 2.29 bits per heavy atom. The number of halogens is 1. The highest BCUT2D eigenvalue weighted by molar-refractivity contribution is 6.33. The fourth-order valence-corrected chi connectivity index (χ4v) is 4.35. The molecule has 4 rings (SSSR count). The predicted octanol–water partition coefficient (Wildman–Crippen LogP) is 2.64. The van der Waals surface area contributed by atoms with Gasteiger partial charge in [-0.25, -0.2) is 0 Å². The molecule has 3 atom stereocenters. The fraction of sp³-hybridized carbons (Fsp3) is 0.765. The number of ether oxygens (including phenoxy) is 2. The highest BCUT2D eigenvalue weighted by Crippen LogP contribution is 2.44. The van der Waals surface area contributed by atoms with Crippen molar-refractivity contribution in [2.45, 2.75) is 56.3 Å². The molecule has 1 aliphatic heterocycles. The summed E-state index contributed by atoms with van der Waals surface area (Å²) in [6, 6.07) is 0.0346. The van der Waals surface area contributed by atoms with Gasteiger partial charge in [-0.1, -0.05) is 11.6 Å². The maximum absolute atomic E-state index is 12.9. The lowest BCUT2D eigenvalue weighted by molar-refractivity contribution is -0.0977. The van der Waals surface area contributed by atoms with Crippen LogP contribution in [-0.4, -0.2) is 59.0 Å². The van der Waals surface area contributed by atoms with Crippen molar-refractivity contribution in [1.29, 1.82) is 0 Å². The smallest absolute Gasteiger partial charge is 0.273 e. The van der Waals surface area contributed by atoms with Gasteiger partial charge in [0.05, 0.1) is 29.0 Å². The van der Waals surface area contributed by atoms with Crippen LogP contribution in [0.4, 0.5) is 0 Å². The lowest BCUT2D eigenvalue weighted by Crippen LogP contribution is -2.53. The van der Waals surface area contributed by atoms with Crippen LogP contribution >= 0.6 is 11.6 Å². The second kappa shape index (κ2) is 6.32. The van der Waals surface area contributed by atoms with Crippen LogP contribution in [0.1, 0.15) is 49.0 Å². The Balaban J connectivity index is 1.50. The molecule has 1 aromatic rings. The van der Waals surface area contributed by atoms with Gasteiger partial charge in [-0.05, 0) is 44.4 Å². The Morgan fingerprint density at radius 1 is 1.46 bits per heavy atom. The summed E-state index contributed by atoms with van der Waals surface area (Å²) in [5, 5.41) is 6.96. The minimum atomic E-state index is -0.248. The topological polar surface area (TPSA) is 67.5 Å². The minimum absolute atomic E-state index is 0.0346. The lowest BCUT2D eigenvalue weighted by Gasteiger charge is -2.43. The zero-order valence-corrected chi connectivity index (χ0v) is 14.7. The second-order valence-corrected chi connectivity index (χ2v) is 7.71. The summed E-state index contributed by atoms with van der Waals surface area (Å²) in [4.78, 5) is 14.8. The van der Waals surface area contributed by atoms with Crippen LogP contribution in [0, 0.1) is 5.92 Å². The van der Waals surface area contributed by atoms with Crippen LogP contribution in [0.2, 0.25) is 5.02 Å². The maximum atomic E-state index is 12.9. The van der Waals surface area contributed by atoms with Gasteiger partial charge < -0.3 is 14.4 Å². The van der Waals surface area contributed by atoms with Gasteiger partial charge in [0.1, 0.15) is 5.69 Å². The first-order valence-electron chi connectivity index (χ1n) is 8.79. The number of methoxy groups -OCH3 is 1. The molecular weight excluding hydrogens is 330 g/mol. The number of hydrogen-bond acceptors (Lipinski definition) is 4. The number of aromatic nitrogens is 2. The summed E-state index contributed by atoms with van der Waals surface area (Å²) in [5.74, 6) is 0.661. The van der Waals surface area contributed by atoms with Crippen molar-refractivity contribution in [1.82, 2.24) is 15.1 Å². The molecule has 0 bridgehead atoms. The molecule has 2 aliphatic carbocycles. The molecule has 1 saturated heterocycles. The van der Waals surface area contributed by atoms with Crippen LogP contribution in [0.3, 0.4) is 0 Å². The summed E-state index contributed by atoms with van der Waals surface area (Å²) >= 11 is 6.08. The normalized spacial score (nSPS) is 32.8. The van der Waals surface area contributed by atoms with Crippen LogP contribution in [-0.2, 0) is 9.47 Å².